The van der Waals surface area contributed by atoms with Gasteiger partial charge in [0, 0.05) is 17.0 Å². The largest absolute Gasteiger partial charge is 0.488 e. The van der Waals surface area contributed by atoms with Crippen molar-refractivity contribution in [1.29, 1.82) is 0 Å². The highest BCUT2D eigenvalue weighted by atomic mass is 79.9. The maximum atomic E-state index is 11.7. The fourth-order valence-electron chi connectivity index (χ4n) is 2.17. The van der Waals surface area contributed by atoms with E-state index >= 15 is 0 Å². The van der Waals surface area contributed by atoms with E-state index in [9.17, 15) is 4.79 Å². The highest BCUT2D eigenvalue weighted by Crippen LogP contribution is 2.26. The number of para-hydroxylation sites is 1. The van der Waals surface area contributed by atoms with Crippen molar-refractivity contribution in [2.24, 2.45) is 0 Å². The molecule has 1 aromatic heterocycles. The van der Waals surface area contributed by atoms with E-state index in [4.69, 9.17) is 9.15 Å². The molecule has 21 heavy (non-hydrogen) atoms. The zero-order valence-electron chi connectivity index (χ0n) is 11.4. The molecular weight excluding hydrogens is 332 g/mol. The molecule has 0 bridgehead atoms. The van der Waals surface area contributed by atoms with Gasteiger partial charge in [0.25, 0.3) is 0 Å². The average Bonchev–Trinajstić information content (AvgIpc) is 2.45. The molecule has 1 heterocycles. The molecule has 0 aliphatic rings. The van der Waals surface area contributed by atoms with Gasteiger partial charge in [-0.3, -0.25) is 0 Å². The summed E-state index contributed by atoms with van der Waals surface area (Å²) in [6.07, 6.45) is 0. The zero-order valence-corrected chi connectivity index (χ0v) is 13.0. The molecule has 0 spiro atoms. The van der Waals surface area contributed by atoms with Gasteiger partial charge in [0.05, 0.1) is 4.47 Å². The van der Waals surface area contributed by atoms with Crippen LogP contribution in [0.1, 0.15) is 11.1 Å². The summed E-state index contributed by atoms with van der Waals surface area (Å²) in [6, 6.07) is 14.9. The van der Waals surface area contributed by atoms with Crippen molar-refractivity contribution >= 4 is 26.9 Å². The van der Waals surface area contributed by atoms with Crippen LogP contribution in [0.3, 0.4) is 0 Å². The normalized spacial score (nSPS) is 10.8. The molecule has 3 aromatic rings. The van der Waals surface area contributed by atoms with Gasteiger partial charge < -0.3 is 9.15 Å². The molecule has 0 aliphatic heterocycles. The van der Waals surface area contributed by atoms with Gasteiger partial charge in [-0.15, -0.1) is 0 Å². The number of aryl methyl sites for hydroxylation is 1. The van der Waals surface area contributed by atoms with Crippen LogP contribution in [0.25, 0.3) is 11.0 Å². The minimum absolute atomic E-state index is 0.313. The Labute approximate surface area is 130 Å². The molecule has 4 heteroatoms. The van der Waals surface area contributed by atoms with E-state index in [1.165, 1.54) is 6.07 Å². The average molecular weight is 345 g/mol. The SMILES string of the molecule is Cc1ccc2c(COc3ccccc3Br)cc(=O)oc2c1. The van der Waals surface area contributed by atoms with Gasteiger partial charge in [-0.2, -0.15) is 0 Å². The van der Waals surface area contributed by atoms with Gasteiger partial charge in [-0.1, -0.05) is 24.3 Å². The number of rotatable bonds is 3. The third-order valence-corrected chi connectivity index (χ3v) is 3.86. The summed E-state index contributed by atoms with van der Waals surface area (Å²) in [5.41, 5.74) is 2.10. The van der Waals surface area contributed by atoms with Crippen LogP contribution < -0.4 is 10.4 Å². The van der Waals surface area contributed by atoms with Crippen molar-refractivity contribution < 1.29 is 9.15 Å². The van der Waals surface area contributed by atoms with Crippen molar-refractivity contribution in [2.75, 3.05) is 0 Å². The third-order valence-electron chi connectivity index (χ3n) is 3.21. The summed E-state index contributed by atoms with van der Waals surface area (Å²) >= 11 is 3.44. The van der Waals surface area contributed by atoms with E-state index in [2.05, 4.69) is 15.9 Å². The van der Waals surface area contributed by atoms with Crippen LogP contribution in [0.4, 0.5) is 0 Å². The lowest BCUT2D eigenvalue weighted by atomic mass is 10.1. The summed E-state index contributed by atoms with van der Waals surface area (Å²) in [7, 11) is 0. The molecule has 0 amide bonds. The quantitative estimate of drug-likeness (QED) is 0.659. The van der Waals surface area contributed by atoms with E-state index in [0.717, 1.165) is 26.7 Å². The van der Waals surface area contributed by atoms with E-state index in [1.807, 2.05) is 49.4 Å². The van der Waals surface area contributed by atoms with Crippen LogP contribution in [0.2, 0.25) is 0 Å². The Morgan fingerprint density at radius 1 is 1.14 bits per heavy atom. The van der Waals surface area contributed by atoms with Crippen molar-refractivity contribution in [1.82, 2.24) is 0 Å². The van der Waals surface area contributed by atoms with Gasteiger partial charge in [0.15, 0.2) is 0 Å². The number of hydrogen-bond donors (Lipinski definition) is 0. The molecule has 2 aromatic carbocycles. The van der Waals surface area contributed by atoms with Crippen molar-refractivity contribution in [3.05, 3.63) is 74.6 Å². The molecule has 0 atom stereocenters. The molecule has 0 aliphatic carbocycles. The molecular formula is C17H13BrO3. The van der Waals surface area contributed by atoms with Crippen molar-refractivity contribution in [2.45, 2.75) is 13.5 Å². The van der Waals surface area contributed by atoms with Crippen LogP contribution in [-0.4, -0.2) is 0 Å². The second-order valence-electron chi connectivity index (χ2n) is 4.81. The van der Waals surface area contributed by atoms with Crippen LogP contribution >= 0.6 is 15.9 Å². The number of ether oxygens (including phenoxy) is 1. The Hall–Kier alpha value is -2.07. The van der Waals surface area contributed by atoms with Crippen molar-refractivity contribution in [3.8, 4) is 5.75 Å². The summed E-state index contributed by atoms with van der Waals surface area (Å²) in [4.78, 5) is 11.7. The summed E-state index contributed by atoms with van der Waals surface area (Å²) < 4.78 is 11.9. The first-order valence-corrected chi connectivity index (χ1v) is 7.33. The fraction of sp³-hybridized carbons (Fsp3) is 0.118. The Bertz CT molecular complexity index is 852. The minimum Gasteiger partial charge on any atom is -0.488 e. The topological polar surface area (TPSA) is 39.4 Å². The fourth-order valence-corrected chi connectivity index (χ4v) is 2.57. The lowest BCUT2D eigenvalue weighted by molar-refractivity contribution is 0.304. The summed E-state index contributed by atoms with van der Waals surface area (Å²) in [5, 5.41) is 0.896. The predicted molar refractivity (Wildman–Crippen MR) is 85.7 cm³/mol. The highest BCUT2D eigenvalue weighted by molar-refractivity contribution is 9.10. The second kappa shape index (κ2) is 5.74. The predicted octanol–water partition coefficient (Wildman–Crippen LogP) is 4.44. The maximum absolute atomic E-state index is 11.7. The minimum atomic E-state index is -0.362. The maximum Gasteiger partial charge on any atom is 0.336 e. The lowest BCUT2D eigenvalue weighted by Gasteiger charge is -2.09. The van der Waals surface area contributed by atoms with E-state index < -0.39 is 0 Å². The first-order valence-electron chi connectivity index (χ1n) is 6.54. The van der Waals surface area contributed by atoms with Gasteiger partial charge >= 0.3 is 5.63 Å². The molecule has 0 saturated carbocycles. The van der Waals surface area contributed by atoms with Crippen LogP contribution in [0.5, 0.6) is 5.75 Å². The Morgan fingerprint density at radius 2 is 1.95 bits per heavy atom. The van der Waals surface area contributed by atoms with Gasteiger partial charge in [-0.25, -0.2) is 4.79 Å². The Balaban J connectivity index is 1.97. The second-order valence-corrected chi connectivity index (χ2v) is 5.66. The molecule has 0 radical (unpaired) electrons. The van der Waals surface area contributed by atoms with Crippen LogP contribution in [0, 0.1) is 6.92 Å². The van der Waals surface area contributed by atoms with Gasteiger partial charge in [-0.05, 0) is 46.6 Å². The number of hydrogen-bond acceptors (Lipinski definition) is 3. The molecule has 0 saturated heterocycles. The van der Waals surface area contributed by atoms with E-state index in [-0.39, 0.29) is 5.63 Å². The molecule has 3 rings (SSSR count). The highest BCUT2D eigenvalue weighted by Gasteiger charge is 2.07. The van der Waals surface area contributed by atoms with E-state index in [0.29, 0.717) is 12.2 Å². The van der Waals surface area contributed by atoms with Crippen LogP contribution in [-0.2, 0) is 6.61 Å². The van der Waals surface area contributed by atoms with Crippen molar-refractivity contribution in [3.63, 3.8) is 0 Å². The first kappa shape index (κ1) is 13.9. The standard InChI is InChI=1S/C17H13BrO3/c1-11-6-7-13-12(9-17(19)21-16(13)8-11)10-20-15-5-3-2-4-14(15)18/h2-9H,10H2,1H3. The van der Waals surface area contributed by atoms with Crippen LogP contribution in [0.15, 0.2) is 62.2 Å². The van der Waals surface area contributed by atoms with Gasteiger partial charge in [0.1, 0.15) is 17.9 Å². The monoisotopic (exact) mass is 344 g/mol. The molecule has 0 N–H and O–H groups in total. The van der Waals surface area contributed by atoms with E-state index in [1.54, 1.807) is 0 Å². The molecule has 0 fully saturated rings. The number of fused-ring (bicyclic) bond motifs is 1. The third kappa shape index (κ3) is 3.00. The number of halogens is 1. The summed E-state index contributed by atoms with van der Waals surface area (Å²) in [6.45, 7) is 2.28. The first-order chi connectivity index (χ1) is 10.1. The Morgan fingerprint density at radius 3 is 2.76 bits per heavy atom. The zero-order chi connectivity index (χ0) is 14.8. The lowest BCUT2D eigenvalue weighted by Crippen LogP contribution is -2.04. The molecule has 106 valence electrons. The molecule has 0 unspecified atom stereocenters. The summed E-state index contributed by atoms with van der Waals surface area (Å²) in [5.74, 6) is 0.742. The Kier molecular flexibility index (Phi) is 3.80. The van der Waals surface area contributed by atoms with Gasteiger partial charge in [0.2, 0.25) is 0 Å². The number of benzene rings is 2. The molecule has 3 nitrogen and oxygen atoms in total. The smallest absolute Gasteiger partial charge is 0.336 e.